The van der Waals surface area contributed by atoms with Crippen molar-refractivity contribution in [3.05, 3.63) is 41.9 Å². The van der Waals surface area contributed by atoms with E-state index in [-0.39, 0.29) is 17.0 Å². The molecule has 1 aromatic heterocycles. The molecule has 0 aliphatic heterocycles. The Balaban J connectivity index is 2.61. The van der Waals surface area contributed by atoms with E-state index in [2.05, 4.69) is 9.97 Å². The first kappa shape index (κ1) is 18.6. The molecule has 2 aromatic rings. The Kier molecular flexibility index (Phi) is 6.24. The summed E-state index contributed by atoms with van der Waals surface area (Å²) in [6.45, 7) is 1.71. The molecule has 2 rings (SSSR count). The number of aromatic nitrogens is 2. The first-order valence-corrected chi connectivity index (χ1v) is 8.43. The number of nitrogens with zero attached hydrogens (tertiary/aromatic N) is 2. The lowest BCUT2D eigenvalue weighted by Gasteiger charge is -2.14. The third-order valence-electron chi connectivity index (χ3n) is 3.14. The number of rotatable bonds is 7. The van der Waals surface area contributed by atoms with Crippen LogP contribution >= 0.6 is 11.8 Å². The lowest BCUT2D eigenvalue weighted by Crippen LogP contribution is -2.08. The molecule has 0 aliphatic rings. The number of carboxylic acid groups (broad SMARTS) is 1. The Morgan fingerprint density at radius 2 is 1.96 bits per heavy atom. The molecule has 0 saturated heterocycles. The van der Waals surface area contributed by atoms with Crippen molar-refractivity contribution >= 4 is 23.3 Å². The van der Waals surface area contributed by atoms with Crippen molar-refractivity contribution in [3.8, 4) is 17.4 Å². The molecule has 25 heavy (non-hydrogen) atoms. The van der Waals surface area contributed by atoms with Gasteiger partial charge in [-0.3, -0.25) is 0 Å². The van der Waals surface area contributed by atoms with E-state index in [9.17, 15) is 9.90 Å². The molecule has 0 unspecified atom stereocenters. The van der Waals surface area contributed by atoms with Gasteiger partial charge in [-0.2, -0.15) is 4.98 Å². The molecule has 0 radical (unpaired) electrons. The number of thioether (sulfide) groups is 1. The molecule has 0 amide bonds. The van der Waals surface area contributed by atoms with Gasteiger partial charge in [0.05, 0.1) is 26.0 Å². The van der Waals surface area contributed by atoms with Gasteiger partial charge in [0.2, 0.25) is 5.88 Å². The van der Waals surface area contributed by atoms with E-state index < -0.39 is 5.97 Å². The summed E-state index contributed by atoms with van der Waals surface area (Å²) in [7, 11) is 2.93. The van der Waals surface area contributed by atoms with E-state index >= 15 is 0 Å². The summed E-state index contributed by atoms with van der Waals surface area (Å²) >= 11 is 1.30. The molecule has 0 saturated carbocycles. The maximum Gasteiger partial charge on any atom is 0.339 e. The minimum atomic E-state index is -1.17. The van der Waals surface area contributed by atoms with Crippen LogP contribution in [0.3, 0.4) is 0 Å². The lowest BCUT2D eigenvalue weighted by atomic mass is 10.1. The van der Waals surface area contributed by atoms with Crippen LogP contribution in [0.25, 0.3) is 5.57 Å². The molecule has 7 nitrogen and oxygen atoms in total. The molecule has 0 atom stereocenters. The van der Waals surface area contributed by atoms with Crippen LogP contribution in [0.4, 0.5) is 0 Å². The first-order valence-electron chi connectivity index (χ1n) is 7.21. The Hall–Kier alpha value is -2.74. The molecular formula is C17H18N2O5S. The Morgan fingerprint density at radius 3 is 2.56 bits per heavy atom. The molecule has 1 N–H and O–H groups in total. The Bertz CT molecular complexity index is 808. The molecule has 1 aromatic carbocycles. The summed E-state index contributed by atoms with van der Waals surface area (Å²) in [5.41, 5.74) is 0.167. The van der Waals surface area contributed by atoms with Gasteiger partial charge in [-0.1, -0.05) is 6.07 Å². The number of hydrogen-bond acceptors (Lipinski definition) is 7. The van der Waals surface area contributed by atoms with Gasteiger partial charge in [-0.15, -0.1) is 11.8 Å². The summed E-state index contributed by atoms with van der Waals surface area (Å²) in [6, 6.07) is 6.95. The quantitative estimate of drug-likeness (QED) is 0.347. The Labute approximate surface area is 149 Å². The van der Waals surface area contributed by atoms with Crippen molar-refractivity contribution in [1.82, 2.24) is 9.97 Å². The highest BCUT2D eigenvalue weighted by molar-refractivity contribution is 7.98. The van der Waals surface area contributed by atoms with Gasteiger partial charge in [-0.05, 0) is 25.3 Å². The predicted octanol–water partition coefficient (Wildman–Crippen LogP) is 3.38. The molecule has 0 aliphatic carbocycles. The van der Waals surface area contributed by atoms with Crippen molar-refractivity contribution < 1.29 is 24.1 Å². The van der Waals surface area contributed by atoms with Crippen molar-refractivity contribution in [2.24, 2.45) is 0 Å². The van der Waals surface area contributed by atoms with Crippen molar-refractivity contribution in [3.63, 3.8) is 0 Å². The highest BCUT2D eigenvalue weighted by atomic mass is 32.2. The van der Waals surface area contributed by atoms with Gasteiger partial charge < -0.3 is 19.3 Å². The van der Waals surface area contributed by atoms with Gasteiger partial charge >= 0.3 is 5.97 Å². The van der Waals surface area contributed by atoms with E-state index in [0.29, 0.717) is 22.3 Å². The topological polar surface area (TPSA) is 90.8 Å². The second-order valence-electron chi connectivity index (χ2n) is 4.81. The fraction of sp³-hybridized carbons (Fsp3) is 0.235. The number of benzene rings is 1. The number of ether oxygens (including phenoxy) is 3. The average molecular weight is 362 g/mol. The monoisotopic (exact) mass is 362 g/mol. The van der Waals surface area contributed by atoms with Crippen molar-refractivity contribution in [2.45, 2.75) is 11.9 Å². The second kappa shape index (κ2) is 8.39. The fourth-order valence-corrected chi connectivity index (χ4v) is 2.71. The Morgan fingerprint density at radius 1 is 1.24 bits per heavy atom. The van der Waals surface area contributed by atoms with Crippen LogP contribution in [0.2, 0.25) is 0 Å². The minimum Gasteiger partial charge on any atom is -0.503 e. The van der Waals surface area contributed by atoms with Gasteiger partial charge in [0.25, 0.3) is 0 Å². The number of aryl methyl sites for hydroxylation is 1. The molecule has 8 heteroatoms. The summed E-state index contributed by atoms with van der Waals surface area (Å²) in [6.07, 6.45) is 2.93. The molecule has 0 spiro atoms. The minimum absolute atomic E-state index is 0.0928. The smallest absolute Gasteiger partial charge is 0.339 e. The zero-order valence-corrected chi connectivity index (χ0v) is 15.1. The number of aliphatic carboxylic acids is 1. The van der Waals surface area contributed by atoms with Gasteiger partial charge in [0.15, 0.2) is 0 Å². The highest BCUT2D eigenvalue weighted by Gasteiger charge is 2.24. The van der Waals surface area contributed by atoms with E-state index in [4.69, 9.17) is 14.2 Å². The van der Waals surface area contributed by atoms with Crippen molar-refractivity contribution in [1.29, 1.82) is 0 Å². The largest absolute Gasteiger partial charge is 0.503 e. The maximum absolute atomic E-state index is 11.7. The summed E-state index contributed by atoms with van der Waals surface area (Å²) in [4.78, 5) is 20.2. The van der Waals surface area contributed by atoms with Crippen LogP contribution in [0.5, 0.6) is 17.4 Å². The van der Waals surface area contributed by atoms with Crippen LogP contribution in [0.1, 0.15) is 11.4 Å². The van der Waals surface area contributed by atoms with E-state index in [1.54, 1.807) is 44.6 Å². The third kappa shape index (κ3) is 4.42. The van der Waals surface area contributed by atoms with Crippen LogP contribution in [0, 0.1) is 6.92 Å². The number of methoxy groups -OCH3 is 2. The van der Waals surface area contributed by atoms with Gasteiger partial charge in [0.1, 0.15) is 27.9 Å². The van der Waals surface area contributed by atoms with E-state index in [1.165, 1.54) is 18.9 Å². The van der Waals surface area contributed by atoms with Crippen LogP contribution in [-0.4, -0.2) is 41.5 Å². The molecule has 0 bridgehead atoms. The number of carboxylic acids is 1. The SMILES string of the molecule is COC=C(C(=O)O)c1c(Oc2cccc(OC)c2)nc(C)nc1SC. The average Bonchev–Trinajstić information content (AvgIpc) is 2.59. The second-order valence-corrected chi connectivity index (χ2v) is 5.61. The van der Waals surface area contributed by atoms with Crippen LogP contribution < -0.4 is 9.47 Å². The zero-order valence-electron chi connectivity index (χ0n) is 14.3. The molecule has 132 valence electrons. The predicted molar refractivity (Wildman–Crippen MR) is 94.2 cm³/mol. The number of hydrogen-bond donors (Lipinski definition) is 1. The molecular weight excluding hydrogens is 344 g/mol. The van der Waals surface area contributed by atoms with Gasteiger partial charge in [-0.25, -0.2) is 9.78 Å². The maximum atomic E-state index is 11.7. The summed E-state index contributed by atoms with van der Waals surface area (Å²) < 4.78 is 15.9. The van der Waals surface area contributed by atoms with Crippen molar-refractivity contribution in [2.75, 3.05) is 20.5 Å². The summed E-state index contributed by atoms with van der Waals surface area (Å²) in [5, 5.41) is 10.0. The zero-order chi connectivity index (χ0) is 18.4. The molecule has 1 heterocycles. The van der Waals surface area contributed by atoms with Gasteiger partial charge in [0, 0.05) is 6.07 Å². The lowest BCUT2D eigenvalue weighted by molar-refractivity contribution is -0.130. The van der Waals surface area contributed by atoms with Crippen LogP contribution in [0.15, 0.2) is 35.6 Å². The standard InChI is InChI=1S/C17H18N2O5S/c1-10-18-15(24-12-7-5-6-11(8-12)23-3)14(16(19-10)25-4)13(9-22-2)17(20)21/h5-9H,1-4H3,(H,20,21). The normalized spacial score (nSPS) is 11.1. The fourth-order valence-electron chi connectivity index (χ4n) is 2.08. The molecule has 0 fully saturated rings. The van der Waals surface area contributed by atoms with E-state index in [1.807, 2.05) is 0 Å². The number of carbonyl (C=O) groups is 1. The van der Waals surface area contributed by atoms with Crippen LogP contribution in [-0.2, 0) is 9.53 Å². The third-order valence-corrected chi connectivity index (χ3v) is 3.82. The highest BCUT2D eigenvalue weighted by Crippen LogP contribution is 2.35. The first-order chi connectivity index (χ1) is 12.0. The summed E-state index contributed by atoms with van der Waals surface area (Å²) in [5.74, 6) is 0.512. The van der Waals surface area contributed by atoms with E-state index in [0.717, 1.165) is 6.26 Å².